The summed E-state index contributed by atoms with van der Waals surface area (Å²) >= 11 is 2.76. The fourth-order valence-electron chi connectivity index (χ4n) is 1.68. The normalized spacial score (nSPS) is 10.2. The van der Waals surface area contributed by atoms with E-state index in [4.69, 9.17) is 10.4 Å². The van der Waals surface area contributed by atoms with Crippen molar-refractivity contribution in [1.29, 1.82) is 5.26 Å². The zero-order valence-electron chi connectivity index (χ0n) is 10.8. The Morgan fingerprint density at radius 1 is 1.45 bits per heavy atom. The van der Waals surface area contributed by atoms with Gasteiger partial charge in [-0.25, -0.2) is 9.78 Å². The smallest absolute Gasteiger partial charge is 0.347 e. The standard InChI is InChI=1S/C14H12N2O2S2/c1-9-12(14(17)18)20-13(16-9)11-4-2-10(3-5-11)8-19-7-6-15/h2-5H,7-8H2,1H3,(H,17,18). The van der Waals surface area contributed by atoms with Crippen LogP contribution in [0.15, 0.2) is 24.3 Å². The first-order chi connectivity index (χ1) is 9.61. The molecule has 0 aliphatic rings. The number of aromatic nitrogens is 1. The summed E-state index contributed by atoms with van der Waals surface area (Å²) in [6, 6.07) is 9.93. The van der Waals surface area contributed by atoms with Gasteiger partial charge in [0.15, 0.2) is 0 Å². The number of hydrogen-bond donors (Lipinski definition) is 1. The number of rotatable bonds is 5. The van der Waals surface area contributed by atoms with Gasteiger partial charge in [0.25, 0.3) is 0 Å². The zero-order valence-corrected chi connectivity index (χ0v) is 12.4. The van der Waals surface area contributed by atoms with E-state index in [9.17, 15) is 4.79 Å². The minimum Gasteiger partial charge on any atom is -0.477 e. The van der Waals surface area contributed by atoms with Crippen LogP contribution in [0, 0.1) is 18.3 Å². The van der Waals surface area contributed by atoms with E-state index in [1.54, 1.807) is 18.7 Å². The van der Waals surface area contributed by atoms with Crippen LogP contribution in [-0.2, 0) is 5.75 Å². The Morgan fingerprint density at radius 2 is 2.15 bits per heavy atom. The predicted molar refractivity (Wildman–Crippen MR) is 81.0 cm³/mol. The number of benzene rings is 1. The molecule has 102 valence electrons. The van der Waals surface area contributed by atoms with Gasteiger partial charge in [0, 0.05) is 11.3 Å². The summed E-state index contributed by atoms with van der Waals surface area (Å²) < 4.78 is 0. The summed E-state index contributed by atoms with van der Waals surface area (Å²) in [7, 11) is 0. The fourth-order valence-corrected chi connectivity index (χ4v) is 3.21. The van der Waals surface area contributed by atoms with E-state index in [0.29, 0.717) is 11.4 Å². The first-order valence-electron chi connectivity index (χ1n) is 5.86. The molecule has 1 aromatic heterocycles. The van der Waals surface area contributed by atoms with Crippen LogP contribution in [-0.4, -0.2) is 21.8 Å². The Morgan fingerprint density at radius 3 is 2.70 bits per heavy atom. The zero-order chi connectivity index (χ0) is 14.5. The Kier molecular flexibility index (Phi) is 4.77. The summed E-state index contributed by atoms with van der Waals surface area (Å²) in [4.78, 5) is 15.6. The maximum absolute atomic E-state index is 11.0. The van der Waals surface area contributed by atoms with E-state index in [1.807, 2.05) is 24.3 Å². The highest BCUT2D eigenvalue weighted by Crippen LogP contribution is 2.28. The van der Waals surface area contributed by atoms with Crippen LogP contribution in [0.4, 0.5) is 0 Å². The van der Waals surface area contributed by atoms with Crippen LogP contribution < -0.4 is 0 Å². The van der Waals surface area contributed by atoms with Crippen LogP contribution in [0.1, 0.15) is 20.9 Å². The van der Waals surface area contributed by atoms with E-state index >= 15 is 0 Å². The molecule has 0 unspecified atom stereocenters. The molecule has 1 heterocycles. The van der Waals surface area contributed by atoms with Crippen molar-refractivity contribution in [3.63, 3.8) is 0 Å². The third-order valence-corrected chi connectivity index (χ3v) is 4.69. The number of aryl methyl sites for hydroxylation is 1. The van der Waals surface area contributed by atoms with Gasteiger partial charge in [-0.3, -0.25) is 0 Å². The van der Waals surface area contributed by atoms with E-state index < -0.39 is 5.97 Å². The fraction of sp³-hybridized carbons (Fsp3) is 0.214. The largest absolute Gasteiger partial charge is 0.477 e. The van der Waals surface area contributed by atoms with Crippen molar-refractivity contribution in [2.45, 2.75) is 12.7 Å². The highest BCUT2D eigenvalue weighted by Gasteiger charge is 2.14. The maximum atomic E-state index is 11.0. The van der Waals surface area contributed by atoms with E-state index in [1.165, 1.54) is 11.3 Å². The Labute approximate surface area is 125 Å². The minimum absolute atomic E-state index is 0.286. The third-order valence-electron chi connectivity index (χ3n) is 2.63. The Bertz CT molecular complexity index is 657. The summed E-state index contributed by atoms with van der Waals surface area (Å²) in [6.45, 7) is 1.70. The SMILES string of the molecule is Cc1nc(-c2ccc(CSCC#N)cc2)sc1C(=O)O. The van der Waals surface area contributed by atoms with Crippen LogP contribution in [0.5, 0.6) is 0 Å². The summed E-state index contributed by atoms with van der Waals surface area (Å²) in [5, 5.41) is 18.2. The lowest BCUT2D eigenvalue weighted by Crippen LogP contribution is -1.94. The van der Waals surface area contributed by atoms with Crippen LogP contribution in [0.25, 0.3) is 10.6 Å². The van der Waals surface area contributed by atoms with Crippen molar-refractivity contribution < 1.29 is 9.90 Å². The van der Waals surface area contributed by atoms with Crippen molar-refractivity contribution in [2.24, 2.45) is 0 Å². The molecule has 2 aromatic rings. The highest BCUT2D eigenvalue weighted by molar-refractivity contribution is 7.98. The van der Waals surface area contributed by atoms with Crippen molar-refractivity contribution in [2.75, 3.05) is 5.75 Å². The van der Waals surface area contributed by atoms with Crippen LogP contribution in [0.3, 0.4) is 0 Å². The maximum Gasteiger partial charge on any atom is 0.347 e. The van der Waals surface area contributed by atoms with Gasteiger partial charge >= 0.3 is 5.97 Å². The van der Waals surface area contributed by atoms with Crippen molar-refractivity contribution in [1.82, 2.24) is 4.98 Å². The molecule has 1 aromatic carbocycles. The van der Waals surface area contributed by atoms with Crippen molar-refractivity contribution >= 4 is 29.1 Å². The number of hydrogen-bond acceptors (Lipinski definition) is 5. The minimum atomic E-state index is -0.934. The summed E-state index contributed by atoms with van der Waals surface area (Å²) in [6.07, 6.45) is 0. The molecule has 0 atom stereocenters. The predicted octanol–water partition coefficient (Wildman–Crippen LogP) is 3.57. The molecule has 1 N–H and O–H groups in total. The molecule has 0 fully saturated rings. The van der Waals surface area contributed by atoms with E-state index in [-0.39, 0.29) is 4.88 Å². The topological polar surface area (TPSA) is 74.0 Å². The first-order valence-corrected chi connectivity index (χ1v) is 7.83. The molecule has 0 saturated heterocycles. The van der Waals surface area contributed by atoms with Crippen molar-refractivity contribution in [3.05, 3.63) is 40.4 Å². The molecule has 20 heavy (non-hydrogen) atoms. The summed E-state index contributed by atoms with van der Waals surface area (Å²) in [5.41, 5.74) is 2.60. The molecule has 0 aliphatic carbocycles. The lowest BCUT2D eigenvalue weighted by Gasteiger charge is -2.00. The lowest BCUT2D eigenvalue weighted by atomic mass is 10.2. The molecule has 0 radical (unpaired) electrons. The number of carboxylic acid groups (broad SMARTS) is 1. The van der Waals surface area contributed by atoms with Crippen LogP contribution in [0.2, 0.25) is 0 Å². The molecule has 0 bridgehead atoms. The van der Waals surface area contributed by atoms with Gasteiger partial charge in [-0.05, 0) is 12.5 Å². The average Bonchev–Trinajstić information content (AvgIpc) is 2.82. The van der Waals surface area contributed by atoms with Gasteiger partial charge in [-0.1, -0.05) is 24.3 Å². The van der Waals surface area contributed by atoms with Gasteiger partial charge in [-0.2, -0.15) is 5.26 Å². The monoisotopic (exact) mass is 304 g/mol. The Balaban J connectivity index is 2.16. The van der Waals surface area contributed by atoms with E-state index in [0.717, 1.165) is 21.9 Å². The molecule has 0 amide bonds. The van der Waals surface area contributed by atoms with Crippen molar-refractivity contribution in [3.8, 4) is 16.6 Å². The third kappa shape index (κ3) is 3.38. The average molecular weight is 304 g/mol. The van der Waals surface area contributed by atoms with Crippen LogP contribution >= 0.6 is 23.1 Å². The second kappa shape index (κ2) is 6.55. The molecule has 0 aliphatic heterocycles. The molecule has 0 spiro atoms. The number of thioether (sulfide) groups is 1. The molecule has 0 saturated carbocycles. The quantitative estimate of drug-likeness (QED) is 0.855. The number of carbonyl (C=O) groups is 1. The lowest BCUT2D eigenvalue weighted by molar-refractivity contribution is 0.0701. The van der Waals surface area contributed by atoms with Gasteiger partial charge in [-0.15, -0.1) is 23.1 Å². The molecular formula is C14H12N2O2S2. The highest BCUT2D eigenvalue weighted by atomic mass is 32.2. The molecule has 2 rings (SSSR count). The summed E-state index contributed by atoms with van der Waals surface area (Å²) in [5.74, 6) is 0.344. The number of carboxylic acids is 1. The van der Waals surface area contributed by atoms with Gasteiger partial charge in [0.1, 0.15) is 9.88 Å². The first kappa shape index (κ1) is 14.6. The molecular weight excluding hydrogens is 292 g/mol. The molecule has 6 heteroatoms. The van der Waals surface area contributed by atoms with Gasteiger partial charge < -0.3 is 5.11 Å². The van der Waals surface area contributed by atoms with Gasteiger partial charge in [0.2, 0.25) is 0 Å². The molecule has 4 nitrogen and oxygen atoms in total. The number of aromatic carboxylic acids is 1. The second-order valence-electron chi connectivity index (χ2n) is 4.09. The number of thiazole rings is 1. The second-order valence-corrected chi connectivity index (χ2v) is 6.07. The van der Waals surface area contributed by atoms with E-state index in [2.05, 4.69) is 11.1 Å². The number of nitriles is 1. The van der Waals surface area contributed by atoms with Gasteiger partial charge in [0.05, 0.1) is 17.5 Å². The Hall–Kier alpha value is -1.84. The number of nitrogens with zero attached hydrogens (tertiary/aromatic N) is 2.